The maximum Gasteiger partial charge on any atom is 0.331 e. The van der Waals surface area contributed by atoms with Gasteiger partial charge in [-0.1, -0.05) is 49.1 Å². The van der Waals surface area contributed by atoms with Crippen molar-refractivity contribution in [2.45, 2.75) is 65.5 Å². The topological polar surface area (TPSA) is 102 Å². The first-order valence-corrected chi connectivity index (χ1v) is 11.4. The van der Waals surface area contributed by atoms with Gasteiger partial charge in [-0.05, 0) is 45.3 Å². The molecule has 8 heteroatoms. The number of nitrogens with one attached hydrogen (secondary N) is 2. The lowest BCUT2D eigenvalue weighted by atomic mass is 9.96. The summed E-state index contributed by atoms with van der Waals surface area (Å²) in [5.41, 5.74) is 4.89. The van der Waals surface area contributed by atoms with E-state index in [0.29, 0.717) is 6.54 Å². The molecule has 33 heavy (non-hydrogen) atoms. The first kappa shape index (κ1) is 24.2. The number of aryl methyl sites for hydroxylation is 2. The van der Waals surface area contributed by atoms with Crippen molar-refractivity contribution in [1.82, 2.24) is 20.4 Å². The molecular weight excluding hydrogens is 420 g/mol. The first-order chi connectivity index (χ1) is 15.8. The van der Waals surface area contributed by atoms with Gasteiger partial charge < -0.3 is 10.1 Å². The molecule has 176 valence electrons. The van der Waals surface area contributed by atoms with Crippen molar-refractivity contribution in [3.8, 4) is 0 Å². The summed E-state index contributed by atoms with van der Waals surface area (Å²) in [5.74, 6) is -1.33. The Hall–Kier alpha value is -3.42. The van der Waals surface area contributed by atoms with Crippen LogP contribution in [0.4, 0.5) is 4.79 Å². The molecule has 0 unspecified atom stereocenters. The Kier molecular flexibility index (Phi) is 8.40. The van der Waals surface area contributed by atoms with Gasteiger partial charge in [0.15, 0.2) is 6.61 Å². The van der Waals surface area contributed by atoms with Crippen LogP contribution < -0.4 is 10.6 Å². The zero-order valence-corrected chi connectivity index (χ0v) is 19.5. The molecule has 0 radical (unpaired) electrons. The van der Waals surface area contributed by atoms with Crippen molar-refractivity contribution >= 4 is 24.0 Å². The standard InChI is InChI=1S/C25H32N4O4/c1-17-9-11-20(12-10-17)15-29-19(3)22(18(2)28-29)13-14-24(31)33-16-23(30)27-25(32)26-21-7-5-4-6-8-21/h9-14,21H,4-8,15-16H2,1-3H3,(H2,26,27,30,32)/b14-13+. The van der Waals surface area contributed by atoms with Crippen LogP contribution >= 0.6 is 0 Å². The number of carbonyl (C=O) groups excluding carboxylic acids is 3. The Morgan fingerprint density at radius 2 is 1.79 bits per heavy atom. The van der Waals surface area contributed by atoms with E-state index in [0.717, 1.165) is 48.2 Å². The van der Waals surface area contributed by atoms with Crippen LogP contribution in [0.15, 0.2) is 30.3 Å². The highest BCUT2D eigenvalue weighted by atomic mass is 16.5. The highest BCUT2D eigenvalue weighted by Crippen LogP contribution is 2.18. The number of amides is 3. The molecule has 1 heterocycles. The van der Waals surface area contributed by atoms with Crippen molar-refractivity contribution in [1.29, 1.82) is 0 Å². The summed E-state index contributed by atoms with van der Waals surface area (Å²) in [7, 11) is 0. The number of esters is 1. The van der Waals surface area contributed by atoms with Gasteiger partial charge in [0, 0.05) is 23.4 Å². The molecule has 0 bridgehead atoms. The predicted molar refractivity (Wildman–Crippen MR) is 126 cm³/mol. The molecule has 0 aliphatic heterocycles. The Morgan fingerprint density at radius 1 is 1.09 bits per heavy atom. The van der Waals surface area contributed by atoms with Crippen LogP contribution in [0, 0.1) is 20.8 Å². The molecule has 1 aromatic heterocycles. The highest BCUT2D eigenvalue weighted by Gasteiger charge is 2.17. The highest BCUT2D eigenvalue weighted by molar-refractivity contribution is 5.96. The van der Waals surface area contributed by atoms with Gasteiger partial charge in [-0.15, -0.1) is 0 Å². The average molecular weight is 453 g/mol. The second-order valence-electron chi connectivity index (χ2n) is 8.53. The number of rotatable bonds is 7. The van der Waals surface area contributed by atoms with Crippen LogP contribution in [0.3, 0.4) is 0 Å². The third-order valence-corrected chi connectivity index (χ3v) is 5.82. The van der Waals surface area contributed by atoms with Gasteiger partial charge in [-0.25, -0.2) is 9.59 Å². The van der Waals surface area contributed by atoms with Crippen LogP contribution in [0.2, 0.25) is 0 Å². The summed E-state index contributed by atoms with van der Waals surface area (Å²) in [6.07, 6.45) is 8.07. The molecule has 8 nitrogen and oxygen atoms in total. The number of benzene rings is 1. The number of ether oxygens (including phenoxy) is 1. The fourth-order valence-corrected chi connectivity index (χ4v) is 3.94. The van der Waals surface area contributed by atoms with E-state index in [-0.39, 0.29) is 6.04 Å². The summed E-state index contributed by atoms with van der Waals surface area (Å²) in [5, 5.41) is 9.55. The quantitative estimate of drug-likeness (QED) is 0.494. The Morgan fingerprint density at radius 3 is 2.48 bits per heavy atom. The molecule has 2 aromatic rings. The number of urea groups is 1. The molecule has 1 aliphatic rings. The summed E-state index contributed by atoms with van der Waals surface area (Å²) in [4.78, 5) is 35.8. The predicted octanol–water partition coefficient (Wildman–Crippen LogP) is 3.57. The molecule has 1 aromatic carbocycles. The van der Waals surface area contributed by atoms with Gasteiger partial charge >= 0.3 is 12.0 Å². The molecule has 1 fully saturated rings. The van der Waals surface area contributed by atoms with Crippen molar-refractivity contribution in [3.63, 3.8) is 0 Å². The van der Waals surface area contributed by atoms with Gasteiger partial charge in [-0.2, -0.15) is 5.10 Å². The number of aromatic nitrogens is 2. The van der Waals surface area contributed by atoms with Crippen LogP contribution in [-0.4, -0.2) is 40.3 Å². The number of hydrogen-bond acceptors (Lipinski definition) is 5. The van der Waals surface area contributed by atoms with E-state index >= 15 is 0 Å². The molecule has 2 N–H and O–H groups in total. The minimum Gasteiger partial charge on any atom is -0.452 e. The Labute approximate surface area is 194 Å². The van der Waals surface area contributed by atoms with Crippen molar-refractivity contribution in [3.05, 3.63) is 58.4 Å². The van der Waals surface area contributed by atoms with Gasteiger partial charge in [-0.3, -0.25) is 14.8 Å². The SMILES string of the molecule is Cc1ccc(Cn2nc(C)c(/C=C/C(=O)OCC(=O)NC(=O)NC3CCCCC3)c2C)cc1. The monoisotopic (exact) mass is 452 g/mol. The third kappa shape index (κ3) is 7.30. The number of nitrogens with zero attached hydrogens (tertiary/aromatic N) is 2. The lowest BCUT2D eigenvalue weighted by Crippen LogP contribution is -2.46. The molecule has 0 atom stereocenters. The van der Waals surface area contributed by atoms with E-state index in [1.807, 2.05) is 25.5 Å². The summed E-state index contributed by atoms with van der Waals surface area (Å²) >= 11 is 0. The van der Waals surface area contributed by atoms with Gasteiger partial charge in [0.2, 0.25) is 0 Å². The third-order valence-electron chi connectivity index (χ3n) is 5.82. The minimum absolute atomic E-state index is 0.0930. The van der Waals surface area contributed by atoms with Crippen molar-refractivity contribution in [2.75, 3.05) is 6.61 Å². The fourth-order valence-electron chi connectivity index (χ4n) is 3.94. The second-order valence-corrected chi connectivity index (χ2v) is 8.53. The fraction of sp³-hybridized carbons (Fsp3) is 0.440. The molecule has 1 aliphatic carbocycles. The van der Waals surface area contributed by atoms with Gasteiger partial charge in [0.25, 0.3) is 5.91 Å². The maximum atomic E-state index is 12.1. The normalized spacial score (nSPS) is 14.3. The van der Waals surface area contributed by atoms with E-state index in [4.69, 9.17) is 4.74 Å². The molecule has 3 rings (SSSR count). The van der Waals surface area contributed by atoms with E-state index in [9.17, 15) is 14.4 Å². The zero-order valence-electron chi connectivity index (χ0n) is 19.5. The first-order valence-electron chi connectivity index (χ1n) is 11.4. The Balaban J connectivity index is 1.47. The van der Waals surface area contributed by atoms with E-state index in [1.54, 1.807) is 6.08 Å². The minimum atomic E-state index is -0.664. The summed E-state index contributed by atoms with van der Waals surface area (Å²) in [6.45, 7) is 5.98. The number of carbonyl (C=O) groups is 3. The van der Waals surface area contributed by atoms with E-state index in [1.165, 1.54) is 18.1 Å². The van der Waals surface area contributed by atoms with Crippen LogP contribution in [-0.2, 0) is 20.9 Å². The van der Waals surface area contributed by atoms with Crippen molar-refractivity contribution in [2.24, 2.45) is 0 Å². The molecule has 0 saturated heterocycles. The number of hydrogen-bond donors (Lipinski definition) is 2. The molecule has 0 spiro atoms. The summed E-state index contributed by atoms with van der Waals surface area (Å²) < 4.78 is 6.86. The lowest BCUT2D eigenvalue weighted by molar-refractivity contribution is -0.143. The van der Waals surface area contributed by atoms with Crippen LogP contribution in [0.1, 0.15) is 60.2 Å². The zero-order chi connectivity index (χ0) is 23.8. The average Bonchev–Trinajstić information content (AvgIpc) is 3.05. The van der Waals surface area contributed by atoms with Gasteiger partial charge in [0.05, 0.1) is 12.2 Å². The van der Waals surface area contributed by atoms with E-state index < -0.39 is 24.5 Å². The maximum absolute atomic E-state index is 12.1. The molecular formula is C25H32N4O4. The van der Waals surface area contributed by atoms with Crippen molar-refractivity contribution < 1.29 is 19.1 Å². The van der Waals surface area contributed by atoms with Gasteiger partial charge in [0.1, 0.15) is 0 Å². The van der Waals surface area contributed by atoms with Crippen LogP contribution in [0.25, 0.3) is 6.08 Å². The Bertz CT molecular complexity index is 1020. The number of imide groups is 1. The molecule has 1 saturated carbocycles. The smallest absolute Gasteiger partial charge is 0.331 e. The van der Waals surface area contributed by atoms with E-state index in [2.05, 4.69) is 40.0 Å². The molecule has 3 amide bonds. The largest absolute Gasteiger partial charge is 0.452 e. The lowest BCUT2D eigenvalue weighted by Gasteiger charge is -2.22. The second kappa shape index (κ2) is 11.4. The van der Waals surface area contributed by atoms with Crippen LogP contribution in [0.5, 0.6) is 0 Å². The summed E-state index contributed by atoms with van der Waals surface area (Å²) in [6, 6.07) is 7.81.